The van der Waals surface area contributed by atoms with Crippen LogP contribution in [0.2, 0.25) is 0 Å². The van der Waals surface area contributed by atoms with Gasteiger partial charge in [0.1, 0.15) is 0 Å². The zero-order valence-corrected chi connectivity index (χ0v) is 13.9. The maximum atomic E-state index is 12.2. The van der Waals surface area contributed by atoms with Crippen molar-refractivity contribution in [2.45, 2.75) is 66.2 Å². The molecule has 0 saturated heterocycles. The van der Waals surface area contributed by atoms with E-state index >= 15 is 0 Å². The summed E-state index contributed by atoms with van der Waals surface area (Å²) in [5.41, 5.74) is 5.90. The first-order valence-electron chi connectivity index (χ1n) is 8.29. The van der Waals surface area contributed by atoms with E-state index in [0.29, 0.717) is 6.54 Å². The maximum absolute atomic E-state index is 12.2. The number of hydrogen-bond acceptors (Lipinski definition) is 2. The summed E-state index contributed by atoms with van der Waals surface area (Å²) in [6.07, 6.45) is 7.36. The molecule has 1 aliphatic carbocycles. The number of carbonyl (C=O) groups is 1. The summed E-state index contributed by atoms with van der Waals surface area (Å²) in [5, 5.41) is 3.10. The minimum Gasteiger partial charge on any atom is -0.356 e. The van der Waals surface area contributed by atoms with Gasteiger partial charge in [0.2, 0.25) is 5.91 Å². The second-order valence-corrected chi connectivity index (χ2v) is 7.90. The van der Waals surface area contributed by atoms with E-state index in [1.807, 2.05) is 0 Å². The molecule has 3 nitrogen and oxygen atoms in total. The minimum atomic E-state index is -0.0404. The molecule has 20 heavy (non-hydrogen) atoms. The standard InChI is InChI=1S/C17H34N2O/c1-13-5-7-14(8-6-13)9-10-19-16(20)15(12-18)11-17(2,3)4/h13-15H,5-12,18H2,1-4H3,(H,19,20). The van der Waals surface area contributed by atoms with Crippen LogP contribution >= 0.6 is 0 Å². The van der Waals surface area contributed by atoms with Crippen molar-refractivity contribution in [3.05, 3.63) is 0 Å². The van der Waals surface area contributed by atoms with Gasteiger partial charge in [-0.3, -0.25) is 4.79 Å². The van der Waals surface area contributed by atoms with Crippen LogP contribution in [0.25, 0.3) is 0 Å². The van der Waals surface area contributed by atoms with E-state index in [9.17, 15) is 4.79 Å². The summed E-state index contributed by atoms with van der Waals surface area (Å²) in [6.45, 7) is 10.1. The van der Waals surface area contributed by atoms with Crippen LogP contribution in [0.1, 0.15) is 66.2 Å². The molecule has 3 N–H and O–H groups in total. The van der Waals surface area contributed by atoms with Crippen molar-refractivity contribution < 1.29 is 4.79 Å². The molecule has 3 heteroatoms. The molecule has 1 saturated carbocycles. The highest BCUT2D eigenvalue weighted by Crippen LogP contribution is 2.30. The Balaban J connectivity index is 2.24. The van der Waals surface area contributed by atoms with E-state index in [1.165, 1.54) is 25.7 Å². The molecule has 0 aromatic heterocycles. The van der Waals surface area contributed by atoms with Gasteiger partial charge in [-0.2, -0.15) is 0 Å². The summed E-state index contributed by atoms with van der Waals surface area (Å²) in [7, 11) is 0. The van der Waals surface area contributed by atoms with Gasteiger partial charge in [0.25, 0.3) is 0 Å². The molecule has 0 heterocycles. The molecule has 0 spiro atoms. The van der Waals surface area contributed by atoms with Crippen LogP contribution in [0.5, 0.6) is 0 Å². The Bertz CT molecular complexity index is 288. The Morgan fingerprint density at radius 3 is 2.35 bits per heavy atom. The Kier molecular flexibility index (Phi) is 7.01. The highest BCUT2D eigenvalue weighted by Gasteiger charge is 2.24. The van der Waals surface area contributed by atoms with Crippen LogP contribution in [0.4, 0.5) is 0 Å². The molecule has 1 aliphatic rings. The molecule has 0 aromatic carbocycles. The number of rotatable bonds is 6. The molecular weight excluding hydrogens is 248 g/mol. The fourth-order valence-electron chi connectivity index (χ4n) is 3.18. The lowest BCUT2D eigenvalue weighted by Gasteiger charge is -2.27. The number of nitrogens with two attached hydrogens (primary N) is 1. The summed E-state index contributed by atoms with van der Waals surface area (Å²) >= 11 is 0. The predicted molar refractivity (Wildman–Crippen MR) is 85.4 cm³/mol. The molecule has 1 unspecified atom stereocenters. The number of carbonyl (C=O) groups excluding carboxylic acids is 1. The maximum Gasteiger partial charge on any atom is 0.224 e. The van der Waals surface area contributed by atoms with Crippen molar-refractivity contribution in [1.29, 1.82) is 0 Å². The van der Waals surface area contributed by atoms with Crippen molar-refractivity contribution in [3.63, 3.8) is 0 Å². The normalized spacial score (nSPS) is 25.2. The minimum absolute atomic E-state index is 0.0404. The summed E-state index contributed by atoms with van der Waals surface area (Å²) in [6, 6.07) is 0. The lowest BCUT2D eigenvalue weighted by molar-refractivity contribution is -0.125. The van der Waals surface area contributed by atoms with E-state index in [4.69, 9.17) is 5.73 Å². The van der Waals surface area contributed by atoms with E-state index in [1.54, 1.807) is 0 Å². The van der Waals surface area contributed by atoms with E-state index in [0.717, 1.165) is 31.2 Å². The highest BCUT2D eigenvalue weighted by molar-refractivity contribution is 5.78. The molecule has 0 aromatic rings. The number of nitrogens with one attached hydrogen (secondary N) is 1. The van der Waals surface area contributed by atoms with Gasteiger partial charge in [0.15, 0.2) is 0 Å². The molecular formula is C17H34N2O. The van der Waals surface area contributed by atoms with Gasteiger partial charge >= 0.3 is 0 Å². The van der Waals surface area contributed by atoms with Crippen LogP contribution in [0, 0.1) is 23.2 Å². The fourth-order valence-corrected chi connectivity index (χ4v) is 3.18. The lowest BCUT2D eigenvalue weighted by atomic mass is 9.81. The molecule has 0 aliphatic heterocycles. The average Bonchev–Trinajstić information content (AvgIpc) is 2.37. The Morgan fingerprint density at radius 2 is 1.85 bits per heavy atom. The van der Waals surface area contributed by atoms with Crippen LogP contribution in [-0.2, 0) is 4.79 Å². The van der Waals surface area contributed by atoms with Gasteiger partial charge in [-0.15, -0.1) is 0 Å². The van der Waals surface area contributed by atoms with E-state index < -0.39 is 0 Å². The van der Waals surface area contributed by atoms with E-state index in [2.05, 4.69) is 33.0 Å². The zero-order valence-electron chi connectivity index (χ0n) is 13.9. The molecule has 1 fully saturated rings. The molecule has 0 radical (unpaired) electrons. The quantitative estimate of drug-likeness (QED) is 0.785. The van der Waals surface area contributed by atoms with Crippen LogP contribution in [-0.4, -0.2) is 19.0 Å². The molecule has 1 rings (SSSR count). The van der Waals surface area contributed by atoms with Crippen LogP contribution in [0.3, 0.4) is 0 Å². The Labute approximate surface area is 125 Å². The Morgan fingerprint density at radius 1 is 1.25 bits per heavy atom. The number of hydrogen-bond donors (Lipinski definition) is 2. The van der Waals surface area contributed by atoms with Crippen molar-refractivity contribution in [2.75, 3.05) is 13.1 Å². The topological polar surface area (TPSA) is 55.1 Å². The first kappa shape index (κ1) is 17.5. The predicted octanol–water partition coefficient (Wildman–Crippen LogP) is 3.33. The van der Waals surface area contributed by atoms with Gasteiger partial charge < -0.3 is 11.1 Å². The largest absolute Gasteiger partial charge is 0.356 e. The smallest absolute Gasteiger partial charge is 0.224 e. The van der Waals surface area contributed by atoms with Crippen LogP contribution < -0.4 is 11.1 Å². The average molecular weight is 282 g/mol. The van der Waals surface area contributed by atoms with Gasteiger partial charge in [-0.25, -0.2) is 0 Å². The molecule has 0 bridgehead atoms. The molecule has 118 valence electrons. The van der Waals surface area contributed by atoms with Crippen molar-refractivity contribution >= 4 is 5.91 Å². The third-order valence-corrected chi connectivity index (χ3v) is 4.50. The van der Waals surface area contributed by atoms with Crippen molar-refractivity contribution in [1.82, 2.24) is 5.32 Å². The summed E-state index contributed by atoms with van der Waals surface area (Å²) in [4.78, 5) is 12.2. The third kappa shape index (κ3) is 6.74. The fraction of sp³-hybridized carbons (Fsp3) is 0.941. The first-order chi connectivity index (χ1) is 9.31. The van der Waals surface area contributed by atoms with Gasteiger partial charge in [-0.1, -0.05) is 53.4 Å². The highest BCUT2D eigenvalue weighted by atomic mass is 16.1. The molecule has 1 atom stereocenters. The van der Waals surface area contributed by atoms with Gasteiger partial charge in [0.05, 0.1) is 5.92 Å². The van der Waals surface area contributed by atoms with Crippen LogP contribution in [0.15, 0.2) is 0 Å². The monoisotopic (exact) mass is 282 g/mol. The summed E-state index contributed by atoms with van der Waals surface area (Å²) in [5.74, 6) is 1.81. The first-order valence-corrected chi connectivity index (χ1v) is 8.29. The number of amides is 1. The van der Waals surface area contributed by atoms with Gasteiger partial charge in [0, 0.05) is 13.1 Å². The Hall–Kier alpha value is -0.570. The second-order valence-electron chi connectivity index (χ2n) is 7.90. The van der Waals surface area contributed by atoms with Crippen molar-refractivity contribution in [3.8, 4) is 0 Å². The SMILES string of the molecule is CC1CCC(CCNC(=O)C(CN)CC(C)(C)C)CC1. The summed E-state index contributed by atoms with van der Waals surface area (Å²) < 4.78 is 0. The second kappa shape index (κ2) is 8.02. The van der Waals surface area contributed by atoms with E-state index in [-0.39, 0.29) is 17.2 Å². The zero-order chi connectivity index (χ0) is 15.2. The van der Waals surface area contributed by atoms with Crippen molar-refractivity contribution in [2.24, 2.45) is 28.9 Å². The van der Waals surface area contributed by atoms with Gasteiger partial charge in [-0.05, 0) is 30.1 Å². The molecule has 1 amide bonds. The lowest BCUT2D eigenvalue weighted by Crippen LogP contribution is -2.38. The third-order valence-electron chi connectivity index (χ3n) is 4.50.